The summed E-state index contributed by atoms with van der Waals surface area (Å²) in [6.07, 6.45) is -0.797. The molecule has 3 aromatic rings. The highest BCUT2D eigenvalue weighted by atomic mass is 19.1. The molecule has 0 spiro atoms. The first-order chi connectivity index (χ1) is 14.8. The van der Waals surface area contributed by atoms with Gasteiger partial charge in [-0.2, -0.15) is 0 Å². The van der Waals surface area contributed by atoms with Gasteiger partial charge in [-0.25, -0.2) is 4.39 Å². The van der Waals surface area contributed by atoms with E-state index in [1.807, 2.05) is 32.0 Å². The maximum absolute atomic E-state index is 14.5. The Morgan fingerprint density at radius 1 is 1.06 bits per heavy atom. The Hall–Kier alpha value is -2.74. The number of fused-ring (bicyclic) bond motifs is 1. The topological polar surface area (TPSA) is 69.8 Å². The second kappa shape index (κ2) is 9.60. The lowest BCUT2D eigenvalue weighted by Gasteiger charge is -2.36. The Morgan fingerprint density at radius 2 is 1.84 bits per heavy atom. The first-order valence-corrected chi connectivity index (χ1v) is 9.98. The van der Waals surface area contributed by atoms with E-state index < -0.39 is 17.5 Å². The minimum atomic E-state index is -0.941. The average Bonchev–Trinajstić information content (AvgIpc) is 2.76. The highest BCUT2D eigenvalue weighted by molar-refractivity contribution is 5.79. The zero-order valence-electron chi connectivity index (χ0n) is 18.4. The summed E-state index contributed by atoms with van der Waals surface area (Å²) in [5.74, 6) is -0.0639. The molecule has 3 rings (SSSR count). The van der Waals surface area contributed by atoms with E-state index in [0.29, 0.717) is 11.3 Å². The van der Waals surface area contributed by atoms with Crippen LogP contribution in [0.15, 0.2) is 53.3 Å². The van der Waals surface area contributed by atoms with Crippen molar-refractivity contribution < 1.29 is 23.3 Å². The highest BCUT2D eigenvalue weighted by Gasteiger charge is 2.37. The molecule has 31 heavy (non-hydrogen) atoms. The zero-order valence-corrected chi connectivity index (χ0v) is 18.4. The first kappa shape index (κ1) is 22.9. The predicted octanol–water partition coefficient (Wildman–Crippen LogP) is 4.33. The largest absolute Gasteiger partial charge is 0.486 e. The van der Waals surface area contributed by atoms with Crippen molar-refractivity contribution in [2.75, 3.05) is 27.9 Å². The van der Waals surface area contributed by atoms with Crippen LogP contribution in [-0.4, -0.2) is 39.0 Å². The predicted molar refractivity (Wildman–Crippen MR) is 117 cm³/mol. The summed E-state index contributed by atoms with van der Waals surface area (Å²) in [6, 6.07) is 13.4. The molecule has 0 bridgehead atoms. The number of pyridine rings is 1. The van der Waals surface area contributed by atoms with E-state index in [1.54, 1.807) is 33.5 Å². The molecule has 0 saturated carbocycles. The minimum absolute atomic E-state index is 0.152. The Morgan fingerprint density at radius 3 is 2.52 bits per heavy atom. The number of halogens is 1. The Kier molecular flexibility index (Phi) is 7.10. The molecule has 2 aromatic carbocycles. The fourth-order valence-electron chi connectivity index (χ4n) is 3.65. The second-order valence-corrected chi connectivity index (χ2v) is 7.60. The van der Waals surface area contributed by atoms with Gasteiger partial charge < -0.3 is 23.9 Å². The van der Waals surface area contributed by atoms with Gasteiger partial charge in [0.25, 0.3) is 0 Å². The molecule has 3 atom stereocenters. The SMILES string of the molecule is COC[C@@H](OC)[C@@](C)(OC)c1cc(F)cc(OC(C)c2ccc3[nH]c(=O)ccc3c2)c1. The van der Waals surface area contributed by atoms with Gasteiger partial charge in [-0.05, 0) is 60.7 Å². The van der Waals surface area contributed by atoms with Crippen LogP contribution < -0.4 is 10.3 Å². The van der Waals surface area contributed by atoms with Crippen molar-refractivity contribution in [3.05, 3.63) is 75.8 Å². The van der Waals surface area contributed by atoms with Crippen LogP contribution in [0.2, 0.25) is 0 Å². The summed E-state index contributed by atoms with van der Waals surface area (Å²) < 4.78 is 37.1. The number of ether oxygens (including phenoxy) is 4. The lowest BCUT2D eigenvalue weighted by atomic mass is 9.89. The number of rotatable bonds is 9. The molecular weight excluding hydrogens is 401 g/mol. The van der Waals surface area contributed by atoms with Crippen LogP contribution in [0.25, 0.3) is 10.9 Å². The Bertz CT molecular complexity index is 1100. The third-order valence-corrected chi connectivity index (χ3v) is 5.62. The maximum atomic E-state index is 14.5. The van der Waals surface area contributed by atoms with E-state index in [0.717, 1.165) is 16.5 Å². The number of aromatic nitrogens is 1. The van der Waals surface area contributed by atoms with Gasteiger partial charge in [-0.1, -0.05) is 6.07 Å². The smallest absolute Gasteiger partial charge is 0.248 e. The summed E-state index contributed by atoms with van der Waals surface area (Å²) in [7, 11) is 4.69. The summed E-state index contributed by atoms with van der Waals surface area (Å²) in [4.78, 5) is 14.3. The van der Waals surface area contributed by atoms with Crippen LogP contribution in [0.5, 0.6) is 5.75 Å². The summed E-state index contributed by atoms with van der Waals surface area (Å²) >= 11 is 0. The number of methoxy groups -OCH3 is 3. The van der Waals surface area contributed by atoms with E-state index in [9.17, 15) is 9.18 Å². The summed E-state index contributed by atoms with van der Waals surface area (Å²) in [5.41, 5.74) is 1.13. The van der Waals surface area contributed by atoms with Crippen molar-refractivity contribution in [2.45, 2.75) is 31.7 Å². The fraction of sp³-hybridized carbons (Fsp3) is 0.375. The third kappa shape index (κ3) is 4.95. The van der Waals surface area contributed by atoms with Crippen LogP contribution in [0, 0.1) is 5.82 Å². The average molecular weight is 429 g/mol. The number of hydrogen-bond acceptors (Lipinski definition) is 5. The van der Waals surface area contributed by atoms with E-state index in [4.69, 9.17) is 18.9 Å². The van der Waals surface area contributed by atoms with Crippen LogP contribution in [0.4, 0.5) is 4.39 Å². The van der Waals surface area contributed by atoms with E-state index >= 15 is 0 Å². The number of nitrogens with one attached hydrogen (secondary N) is 1. The van der Waals surface area contributed by atoms with Gasteiger partial charge in [0.05, 0.1) is 6.61 Å². The molecule has 0 aliphatic heterocycles. The lowest BCUT2D eigenvalue weighted by molar-refractivity contribution is -0.133. The molecule has 6 nitrogen and oxygen atoms in total. The molecule has 1 aromatic heterocycles. The second-order valence-electron chi connectivity index (χ2n) is 7.60. The number of aromatic amines is 1. The molecule has 0 saturated heterocycles. The molecule has 0 aliphatic carbocycles. The van der Waals surface area contributed by atoms with Crippen molar-refractivity contribution in [3.8, 4) is 5.75 Å². The minimum Gasteiger partial charge on any atom is -0.486 e. The molecule has 0 amide bonds. The number of H-pyrrole nitrogens is 1. The zero-order chi connectivity index (χ0) is 22.6. The molecule has 7 heteroatoms. The molecule has 166 valence electrons. The van der Waals surface area contributed by atoms with Gasteiger partial charge in [-0.3, -0.25) is 4.79 Å². The monoisotopic (exact) mass is 429 g/mol. The van der Waals surface area contributed by atoms with Gasteiger partial charge in [0.2, 0.25) is 5.56 Å². The van der Waals surface area contributed by atoms with Gasteiger partial charge in [0.15, 0.2) is 0 Å². The van der Waals surface area contributed by atoms with E-state index in [1.165, 1.54) is 18.2 Å². The Labute approximate surface area is 180 Å². The molecular formula is C24H28FNO5. The quantitative estimate of drug-likeness (QED) is 0.548. The molecule has 0 fully saturated rings. The van der Waals surface area contributed by atoms with Gasteiger partial charge >= 0.3 is 0 Å². The lowest BCUT2D eigenvalue weighted by Crippen LogP contribution is -2.42. The highest BCUT2D eigenvalue weighted by Crippen LogP contribution is 2.35. The first-order valence-electron chi connectivity index (χ1n) is 9.98. The van der Waals surface area contributed by atoms with Crippen LogP contribution in [0.3, 0.4) is 0 Å². The van der Waals surface area contributed by atoms with Gasteiger partial charge in [0, 0.05) is 39.0 Å². The number of hydrogen-bond donors (Lipinski definition) is 1. The van der Waals surface area contributed by atoms with E-state index in [-0.39, 0.29) is 18.3 Å². The Balaban J connectivity index is 1.90. The summed E-state index contributed by atoms with van der Waals surface area (Å²) in [6.45, 7) is 3.99. The number of benzene rings is 2. The molecule has 0 aliphatic rings. The fourth-order valence-corrected chi connectivity index (χ4v) is 3.65. The van der Waals surface area contributed by atoms with Crippen molar-refractivity contribution in [2.24, 2.45) is 0 Å². The molecule has 1 N–H and O–H groups in total. The standard InChI is InChI=1S/C24H28FNO5/c1-15(16-6-8-21-17(10-16)7-9-23(27)26-21)31-20-12-18(11-19(25)13-20)24(2,30-5)22(29-4)14-28-3/h6-13,15,22H,14H2,1-5H3,(H,26,27)/t15?,22-,24+/m1/s1. The van der Waals surface area contributed by atoms with Crippen molar-refractivity contribution in [3.63, 3.8) is 0 Å². The molecule has 1 heterocycles. The van der Waals surface area contributed by atoms with Crippen molar-refractivity contribution in [1.82, 2.24) is 4.98 Å². The van der Waals surface area contributed by atoms with Gasteiger partial charge in [0.1, 0.15) is 29.4 Å². The van der Waals surface area contributed by atoms with Crippen molar-refractivity contribution >= 4 is 10.9 Å². The van der Waals surface area contributed by atoms with Crippen LogP contribution in [-0.2, 0) is 19.8 Å². The molecule has 0 radical (unpaired) electrons. The summed E-state index contributed by atoms with van der Waals surface area (Å²) in [5, 5.41) is 0.891. The van der Waals surface area contributed by atoms with Crippen LogP contribution in [0.1, 0.15) is 31.1 Å². The normalized spacial score (nSPS) is 15.4. The molecule has 1 unspecified atom stereocenters. The van der Waals surface area contributed by atoms with Crippen molar-refractivity contribution in [1.29, 1.82) is 0 Å². The van der Waals surface area contributed by atoms with Gasteiger partial charge in [-0.15, -0.1) is 0 Å². The van der Waals surface area contributed by atoms with E-state index in [2.05, 4.69) is 4.98 Å². The third-order valence-electron chi connectivity index (χ3n) is 5.62. The van der Waals surface area contributed by atoms with Crippen LogP contribution >= 0.6 is 0 Å². The maximum Gasteiger partial charge on any atom is 0.248 e.